The molecule has 0 unspecified atom stereocenters. The number of nitrogens with two attached hydrogens (primary N) is 1. The molecule has 0 bridgehead atoms. The molecule has 2 N–H and O–H groups in total. The van der Waals surface area contributed by atoms with E-state index in [2.05, 4.69) is 32.0 Å². The van der Waals surface area contributed by atoms with Gasteiger partial charge in [-0.25, -0.2) is 0 Å². The molecule has 3 nitrogen and oxygen atoms in total. The van der Waals surface area contributed by atoms with E-state index in [1.54, 1.807) is 6.07 Å². The Morgan fingerprint density at radius 3 is 2.55 bits per heavy atom. The summed E-state index contributed by atoms with van der Waals surface area (Å²) in [5.74, 6) is 0.399. The van der Waals surface area contributed by atoms with Crippen molar-refractivity contribution in [1.29, 1.82) is 0 Å². The molecule has 0 aliphatic heterocycles. The van der Waals surface area contributed by atoms with Gasteiger partial charge < -0.3 is 10.3 Å². The van der Waals surface area contributed by atoms with Gasteiger partial charge in [0.1, 0.15) is 0 Å². The Labute approximate surface area is 131 Å². The fourth-order valence-corrected chi connectivity index (χ4v) is 3.29. The molecule has 1 aromatic carbocycles. The number of nitrogen functional groups attached to an aromatic ring is 1. The summed E-state index contributed by atoms with van der Waals surface area (Å²) in [5, 5.41) is 0. The summed E-state index contributed by atoms with van der Waals surface area (Å²) in [4.78, 5) is 12.4. The Morgan fingerprint density at radius 1 is 1.09 bits per heavy atom. The van der Waals surface area contributed by atoms with E-state index in [0.29, 0.717) is 18.2 Å². The van der Waals surface area contributed by atoms with Crippen molar-refractivity contribution < 1.29 is 0 Å². The van der Waals surface area contributed by atoms with Gasteiger partial charge in [-0.3, -0.25) is 4.79 Å². The number of aromatic nitrogens is 1. The first-order chi connectivity index (χ1) is 10.6. The molecule has 0 radical (unpaired) electrons. The third kappa shape index (κ3) is 2.80. The highest BCUT2D eigenvalue weighted by Gasteiger charge is 2.14. The molecule has 0 saturated heterocycles. The minimum absolute atomic E-state index is 0.0797. The van der Waals surface area contributed by atoms with Gasteiger partial charge in [0, 0.05) is 6.54 Å². The van der Waals surface area contributed by atoms with Crippen molar-refractivity contribution in [3.8, 4) is 11.3 Å². The average molecular weight is 296 g/mol. The zero-order valence-corrected chi connectivity index (χ0v) is 13.4. The number of anilines is 1. The van der Waals surface area contributed by atoms with Crippen LogP contribution < -0.4 is 11.3 Å². The lowest BCUT2D eigenvalue weighted by Gasteiger charge is -2.19. The second-order valence-corrected chi connectivity index (χ2v) is 6.67. The van der Waals surface area contributed by atoms with Crippen molar-refractivity contribution in [2.75, 3.05) is 5.73 Å². The number of rotatable bonds is 3. The van der Waals surface area contributed by atoms with E-state index in [0.717, 1.165) is 17.7 Å². The standard InChI is InChI=1S/C19H24N2O/c1-13(2)12-21-18(10-9-17(20)19(21)22)16-8-7-14-5-3-4-6-15(14)11-16/h7-11,13H,3-6,12,20H2,1-2H3. The third-order valence-electron chi connectivity index (χ3n) is 4.40. The molecule has 0 spiro atoms. The molecule has 22 heavy (non-hydrogen) atoms. The van der Waals surface area contributed by atoms with E-state index in [4.69, 9.17) is 5.73 Å². The molecule has 1 aliphatic rings. The van der Waals surface area contributed by atoms with Crippen LogP contribution in [-0.2, 0) is 19.4 Å². The zero-order valence-electron chi connectivity index (χ0n) is 13.4. The fraction of sp³-hybridized carbons (Fsp3) is 0.421. The Hall–Kier alpha value is -2.03. The van der Waals surface area contributed by atoms with Crippen molar-refractivity contribution in [2.45, 2.75) is 46.1 Å². The van der Waals surface area contributed by atoms with Gasteiger partial charge in [0.25, 0.3) is 5.56 Å². The van der Waals surface area contributed by atoms with Crippen LogP contribution in [0.5, 0.6) is 0 Å². The number of nitrogens with zero attached hydrogens (tertiary/aromatic N) is 1. The average Bonchev–Trinajstić information content (AvgIpc) is 2.51. The molecular weight excluding hydrogens is 272 g/mol. The number of hydrogen-bond acceptors (Lipinski definition) is 2. The lowest BCUT2D eigenvalue weighted by molar-refractivity contribution is 0.516. The van der Waals surface area contributed by atoms with Crippen LogP contribution in [0.4, 0.5) is 5.69 Å². The summed E-state index contributed by atoms with van der Waals surface area (Å²) < 4.78 is 1.82. The predicted molar refractivity (Wildman–Crippen MR) is 92.0 cm³/mol. The van der Waals surface area contributed by atoms with Crippen LogP contribution >= 0.6 is 0 Å². The minimum atomic E-state index is -0.0797. The second kappa shape index (κ2) is 5.99. The number of hydrogen-bond donors (Lipinski definition) is 1. The normalized spacial score (nSPS) is 14.1. The molecule has 0 saturated carbocycles. The minimum Gasteiger partial charge on any atom is -0.394 e. The highest BCUT2D eigenvalue weighted by Crippen LogP contribution is 2.27. The molecule has 3 heteroatoms. The van der Waals surface area contributed by atoms with Crippen LogP contribution in [0.2, 0.25) is 0 Å². The first kappa shape index (κ1) is 14.9. The Kier molecular flexibility index (Phi) is 4.06. The van der Waals surface area contributed by atoms with Crippen molar-refractivity contribution in [3.05, 3.63) is 51.8 Å². The monoisotopic (exact) mass is 296 g/mol. The third-order valence-corrected chi connectivity index (χ3v) is 4.40. The molecule has 1 heterocycles. The number of benzene rings is 1. The van der Waals surface area contributed by atoms with Crippen LogP contribution in [0.15, 0.2) is 35.1 Å². The summed E-state index contributed by atoms with van der Waals surface area (Å²) in [6.07, 6.45) is 4.87. The van der Waals surface area contributed by atoms with Crippen LogP contribution in [0.3, 0.4) is 0 Å². The lowest BCUT2D eigenvalue weighted by atomic mass is 9.90. The van der Waals surface area contributed by atoms with Crippen LogP contribution in [-0.4, -0.2) is 4.57 Å². The molecule has 1 aliphatic carbocycles. The van der Waals surface area contributed by atoms with Crippen LogP contribution in [0.25, 0.3) is 11.3 Å². The summed E-state index contributed by atoms with van der Waals surface area (Å²) in [5.41, 5.74) is 11.1. The largest absolute Gasteiger partial charge is 0.394 e. The maximum Gasteiger partial charge on any atom is 0.274 e. The van der Waals surface area contributed by atoms with Crippen molar-refractivity contribution in [3.63, 3.8) is 0 Å². The SMILES string of the molecule is CC(C)Cn1c(-c2ccc3c(c2)CCCC3)ccc(N)c1=O. The Balaban J connectivity index is 2.11. The first-order valence-corrected chi connectivity index (χ1v) is 8.18. The molecular formula is C19H24N2O. The fourth-order valence-electron chi connectivity index (χ4n) is 3.29. The molecule has 1 aromatic heterocycles. The van der Waals surface area contributed by atoms with Crippen LogP contribution in [0.1, 0.15) is 37.8 Å². The van der Waals surface area contributed by atoms with E-state index >= 15 is 0 Å². The Bertz CT molecular complexity index is 744. The maximum absolute atomic E-state index is 12.4. The van der Waals surface area contributed by atoms with Gasteiger partial charge in [-0.1, -0.05) is 26.0 Å². The van der Waals surface area contributed by atoms with E-state index in [1.165, 1.54) is 30.4 Å². The molecule has 0 atom stereocenters. The first-order valence-electron chi connectivity index (χ1n) is 8.18. The zero-order chi connectivity index (χ0) is 15.7. The number of aryl methyl sites for hydroxylation is 2. The van der Waals surface area contributed by atoms with Gasteiger partial charge in [0.05, 0.1) is 11.4 Å². The van der Waals surface area contributed by atoms with Gasteiger partial charge in [-0.05, 0) is 66.5 Å². The molecule has 116 valence electrons. The predicted octanol–water partition coefficient (Wildman–Crippen LogP) is 3.63. The lowest BCUT2D eigenvalue weighted by Crippen LogP contribution is -2.26. The quantitative estimate of drug-likeness (QED) is 0.940. The summed E-state index contributed by atoms with van der Waals surface area (Å²) >= 11 is 0. The van der Waals surface area contributed by atoms with Crippen molar-refractivity contribution >= 4 is 5.69 Å². The Morgan fingerprint density at radius 2 is 1.82 bits per heavy atom. The summed E-state index contributed by atoms with van der Waals surface area (Å²) in [6, 6.07) is 10.3. The summed E-state index contributed by atoms with van der Waals surface area (Å²) in [6.45, 7) is 4.93. The maximum atomic E-state index is 12.4. The van der Waals surface area contributed by atoms with E-state index in [9.17, 15) is 4.79 Å². The van der Waals surface area contributed by atoms with Gasteiger partial charge in [-0.2, -0.15) is 0 Å². The number of fused-ring (bicyclic) bond motifs is 1. The van der Waals surface area contributed by atoms with E-state index in [-0.39, 0.29) is 5.56 Å². The van der Waals surface area contributed by atoms with Gasteiger partial charge in [-0.15, -0.1) is 0 Å². The number of pyridine rings is 1. The van der Waals surface area contributed by atoms with Gasteiger partial charge in [0.15, 0.2) is 0 Å². The smallest absolute Gasteiger partial charge is 0.274 e. The molecule has 3 rings (SSSR count). The molecule has 2 aromatic rings. The summed E-state index contributed by atoms with van der Waals surface area (Å²) in [7, 11) is 0. The molecule has 0 fully saturated rings. The van der Waals surface area contributed by atoms with Crippen molar-refractivity contribution in [1.82, 2.24) is 4.57 Å². The van der Waals surface area contributed by atoms with Crippen molar-refractivity contribution in [2.24, 2.45) is 5.92 Å². The van der Waals surface area contributed by atoms with Crippen LogP contribution in [0, 0.1) is 5.92 Å². The second-order valence-electron chi connectivity index (χ2n) is 6.67. The molecule has 0 amide bonds. The highest BCUT2D eigenvalue weighted by atomic mass is 16.1. The van der Waals surface area contributed by atoms with Gasteiger partial charge >= 0.3 is 0 Å². The van der Waals surface area contributed by atoms with E-state index in [1.807, 2.05) is 10.6 Å². The van der Waals surface area contributed by atoms with Gasteiger partial charge in [0.2, 0.25) is 0 Å². The van der Waals surface area contributed by atoms with E-state index < -0.39 is 0 Å². The topological polar surface area (TPSA) is 48.0 Å². The highest BCUT2D eigenvalue weighted by molar-refractivity contribution is 5.63.